The van der Waals surface area contributed by atoms with Gasteiger partial charge in [0.2, 0.25) is 11.8 Å². The Morgan fingerprint density at radius 3 is 2.54 bits per heavy atom. The average molecular weight is 333 g/mol. The number of benzene rings is 1. The fraction of sp³-hybridized carbons (Fsp3) is 0.556. The van der Waals surface area contributed by atoms with Gasteiger partial charge in [0.25, 0.3) is 0 Å². The van der Waals surface area contributed by atoms with Crippen molar-refractivity contribution in [3.63, 3.8) is 0 Å². The summed E-state index contributed by atoms with van der Waals surface area (Å²) in [6, 6.07) is 7.91. The summed E-state index contributed by atoms with van der Waals surface area (Å²) in [5.41, 5.74) is 1.09. The highest BCUT2D eigenvalue weighted by Crippen LogP contribution is 2.21. The van der Waals surface area contributed by atoms with Gasteiger partial charge in [-0.05, 0) is 6.07 Å². The van der Waals surface area contributed by atoms with Crippen molar-refractivity contribution >= 4 is 11.8 Å². The van der Waals surface area contributed by atoms with E-state index in [2.05, 4.69) is 4.90 Å². The molecule has 0 bridgehead atoms. The summed E-state index contributed by atoms with van der Waals surface area (Å²) in [5, 5.41) is 0. The molecule has 1 saturated heterocycles. The second-order valence-corrected chi connectivity index (χ2v) is 6.44. The highest BCUT2D eigenvalue weighted by atomic mass is 16.5. The van der Waals surface area contributed by atoms with Gasteiger partial charge in [-0.15, -0.1) is 0 Å². The number of para-hydroxylation sites is 1. The maximum atomic E-state index is 12.5. The Kier molecular flexibility index (Phi) is 6.20. The van der Waals surface area contributed by atoms with Crippen LogP contribution in [0.4, 0.5) is 0 Å². The number of methoxy groups -OCH3 is 1. The number of amides is 2. The van der Waals surface area contributed by atoms with Gasteiger partial charge in [0.1, 0.15) is 5.75 Å². The van der Waals surface area contributed by atoms with Gasteiger partial charge in [0.05, 0.1) is 13.0 Å². The number of carbonyl (C=O) groups excluding carboxylic acids is 2. The van der Waals surface area contributed by atoms with Gasteiger partial charge >= 0.3 is 0 Å². The van der Waals surface area contributed by atoms with Crippen LogP contribution in [0.15, 0.2) is 24.3 Å². The van der Waals surface area contributed by atoms with E-state index in [1.165, 1.54) is 0 Å². The summed E-state index contributed by atoms with van der Waals surface area (Å²) in [6.07, 6.45) is 0. The van der Waals surface area contributed by atoms with Crippen LogP contribution in [0, 0.1) is 5.92 Å². The van der Waals surface area contributed by atoms with E-state index in [-0.39, 0.29) is 17.7 Å². The normalized spacial score (nSPS) is 18.8. The van der Waals surface area contributed by atoms with Gasteiger partial charge < -0.3 is 14.5 Å². The van der Waals surface area contributed by atoms with Crippen molar-refractivity contribution in [2.24, 2.45) is 5.92 Å². The fourth-order valence-corrected chi connectivity index (χ4v) is 3.11. The van der Waals surface area contributed by atoms with E-state index in [9.17, 15) is 9.59 Å². The molecule has 2 rings (SSSR count). The van der Waals surface area contributed by atoms with Crippen LogP contribution in [0.5, 0.6) is 5.75 Å². The number of hydrogen-bond donors (Lipinski definition) is 0. The minimum absolute atomic E-state index is 0.0192. The van der Waals surface area contributed by atoms with Crippen LogP contribution in [0.1, 0.15) is 12.5 Å². The summed E-state index contributed by atoms with van der Waals surface area (Å²) in [5.74, 6) is 0.723. The maximum Gasteiger partial charge on any atom is 0.228 e. The van der Waals surface area contributed by atoms with E-state index in [1.54, 1.807) is 37.9 Å². The third-order valence-corrected chi connectivity index (χ3v) is 4.43. The van der Waals surface area contributed by atoms with Crippen molar-refractivity contribution < 1.29 is 14.3 Å². The Labute approximate surface area is 144 Å². The van der Waals surface area contributed by atoms with E-state index in [1.807, 2.05) is 24.3 Å². The Morgan fingerprint density at radius 1 is 1.21 bits per heavy atom. The zero-order chi connectivity index (χ0) is 17.7. The van der Waals surface area contributed by atoms with Crippen molar-refractivity contribution in [2.45, 2.75) is 13.5 Å². The third-order valence-electron chi connectivity index (χ3n) is 4.43. The van der Waals surface area contributed by atoms with Crippen LogP contribution in [0.25, 0.3) is 0 Å². The van der Waals surface area contributed by atoms with Crippen molar-refractivity contribution in [3.8, 4) is 5.75 Å². The highest BCUT2D eigenvalue weighted by Gasteiger charge is 2.30. The van der Waals surface area contributed by atoms with Gasteiger partial charge in [0, 0.05) is 59.3 Å². The first kappa shape index (κ1) is 18.3. The molecule has 1 aliphatic heterocycles. The number of carbonyl (C=O) groups is 2. The lowest BCUT2D eigenvalue weighted by Crippen LogP contribution is -2.41. The maximum absolute atomic E-state index is 12.5. The number of rotatable bonds is 4. The third kappa shape index (κ3) is 4.47. The quantitative estimate of drug-likeness (QED) is 0.827. The first-order valence-corrected chi connectivity index (χ1v) is 8.23. The molecule has 6 heteroatoms. The minimum atomic E-state index is -0.207. The molecule has 6 nitrogen and oxygen atoms in total. The van der Waals surface area contributed by atoms with Crippen LogP contribution < -0.4 is 4.74 Å². The molecule has 1 fully saturated rings. The first-order chi connectivity index (χ1) is 11.4. The summed E-state index contributed by atoms with van der Waals surface area (Å²) in [6.45, 7) is 4.77. The van der Waals surface area contributed by atoms with E-state index >= 15 is 0 Å². The van der Waals surface area contributed by atoms with Crippen LogP contribution in [-0.2, 0) is 16.1 Å². The summed E-state index contributed by atoms with van der Waals surface area (Å²) in [7, 11) is 5.18. The second kappa shape index (κ2) is 8.15. The second-order valence-electron chi connectivity index (χ2n) is 6.44. The number of nitrogens with zero attached hydrogens (tertiary/aromatic N) is 3. The molecule has 0 spiro atoms. The molecule has 1 atom stereocenters. The highest BCUT2D eigenvalue weighted by molar-refractivity contribution is 5.80. The molecule has 0 aromatic heterocycles. The van der Waals surface area contributed by atoms with Crippen LogP contribution >= 0.6 is 0 Å². The largest absolute Gasteiger partial charge is 0.496 e. The first-order valence-electron chi connectivity index (χ1n) is 8.23. The predicted octanol–water partition coefficient (Wildman–Crippen LogP) is 1.06. The Morgan fingerprint density at radius 2 is 1.92 bits per heavy atom. The van der Waals surface area contributed by atoms with Crippen LogP contribution in [0.2, 0.25) is 0 Å². The standard InChI is InChI=1S/C18H27N3O3/c1-14(22)21-10-9-20(12-16(13-21)18(23)19(2)3)11-15-7-5-6-8-17(15)24-4/h5-8,16H,9-13H2,1-4H3/t16-/m0/s1. The number of hydrogen-bond acceptors (Lipinski definition) is 4. The average Bonchev–Trinajstić information content (AvgIpc) is 2.77. The Hall–Kier alpha value is -2.08. The van der Waals surface area contributed by atoms with Crippen molar-refractivity contribution in [1.29, 1.82) is 0 Å². The lowest BCUT2D eigenvalue weighted by Gasteiger charge is -2.26. The van der Waals surface area contributed by atoms with Crippen LogP contribution in [0.3, 0.4) is 0 Å². The molecule has 1 aliphatic rings. The molecule has 1 aromatic rings. The molecule has 132 valence electrons. The van der Waals surface area contributed by atoms with Crippen molar-refractivity contribution in [3.05, 3.63) is 29.8 Å². The molecule has 0 N–H and O–H groups in total. The molecule has 1 heterocycles. The van der Waals surface area contributed by atoms with Crippen LogP contribution in [-0.4, -0.2) is 73.9 Å². The zero-order valence-electron chi connectivity index (χ0n) is 15.0. The summed E-state index contributed by atoms with van der Waals surface area (Å²) >= 11 is 0. The summed E-state index contributed by atoms with van der Waals surface area (Å²) < 4.78 is 5.42. The minimum Gasteiger partial charge on any atom is -0.496 e. The number of ether oxygens (including phenoxy) is 1. The van der Waals surface area contributed by atoms with Crippen molar-refractivity contribution in [1.82, 2.24) is 14.7 Å². The molecular weight excluding hydrogens is 306 g/mol. The molecule has 0 aliphatic carbocycles. The van der Waals surface area contributed by atoms with Gasteiger partial charge in [-0.25, -0.2) is 0 Å². The van der Waals surface area contributed by atoms with Gasteiger partial charge in [-0.3, -0.25) is 14.5 Å². The fourth-order valence-electron chi connectivity index (χ4n) is 3.11. The molecule has 0 saturated carbocycles. The van der Waals surface area contributed by atoms with E-state index in [4.69, 9.17) is 4.74 Å². The molecule has 2 amide bonds. The van der Waals surface area contributed by atoms with E-state index < -0.39 is 0 Å². The van der Waals surface area contributed by atoms with Gasteiger partial charge in [0.15, 0.2) is 0 Å². The Bertz CT molecular complexity index is 589. The molecule has 24 heavy (non-hydrogen) atoms. The molecule has 0 unspecified atom stereocenters. The molecule has 1 aromatic carbocycles. The monoisotopic (exact) mass is 333 g/mol. The molecular formula is C18H27N3O3. The summed E-state index contributed by atoms with van der Waals surface area (Å²) in [4.78, 5) is 29.9. The van der Waals surface area contributed by atoms with E-state index in [0.717, 1.165) is 17.9 Å². The van der Waals surface area contributed by atoms with E-state index in [0.29, 0.717) is 26.2 Å². The Balaban J connectivity index is 2.17. The zero-order valence-corrected chi connectivity index (χ0v) is 15.0. The van der Waals surface area contributed by atoms with Gasteiger partial charge in [-0.2, -0.15) is 0 Å². The lowest BCUT2D eigenvalue weighted by atomic mass is 10.1. The smallest absolute Gasteiger partial charge is 0.228 e. The van der Waals surface area contributed by atoms with Gasteiger partial charge in [-0.1, -0.05) is 18.2 Å². The topological polar surface area (TPSA) is 53.1 Å². The predicted molar refractivity (Wildman–Crippen MR) is 92.7 cm³/mol. The van der Waals surface area contributed by atoms with Crippen molar-refractivity contribution in [2.75, 3.05) is 47.4 Å². The SMILES string of the molecule is COc1ccccc1CN1CCN(C(C)=O)C[C@@H](C(=O)N(C)C)C1. The lowest BCUT2D eigenvalue weighted by molar-refractivity contribution is -0.135. The molecule has 0 radical (unpaired) electrons.